The van der Waals surface area contributed by atoms with Crippen LogP contribution in [0.3, 0.4) is 0 Å². The summed E-state index contributed by atoms with van der Waals surface area (Å²) < 4.78 is 3.92. The molecule has 2 heterocycles. The van der Waals surface area contributed by atoms with Crippen LogP contribution in [0.5, 0.6) is 0 Å². The summed E-state index contributed by atoms with van der Waals surface area (Å²) in [5.41, 5.74) is 16.7. The average Bonchev–Trinajstić information content (AvgIpc) is 3.62. The van der Waals surface area contributed by atoms with Crippen LogP contribution in [-0.2, 0) is 16.2 Å². The van der Waals surface area contributed by atoms with E-state index < -0.39 is 13.3 Å². The molecule has 0 fully saturated rings. The van der Waals surface area contributed by atoms with Crippen molar-refractivity contribution in [1.29, 1.82) is 0 Å². The van der Waals surface area contributed by atoms with Crippen LogP contribution >= 0.6 is 0 Å². The summed E-state index contributed by atoms with van der Waals surface area (Å²) in [5, 5.41) is 0. The molecule has 0 atom stereocenters. The van der Waals surface area contributed by atoms with Crippen molar-refractivity contribution >= 4 is 28.7 Å². The van der Waals surface area contributed by atoms with Gasteiger partial charge in [-0.25, -0.2) is 0 Å². The minimum atomic E-state index is -2.23. The summed E-state index contributed by atoms with van der Waals surface area (Å²) >= 11 is -2.23. The number of fused-ring (bicyclic) bond motifs is 1. The van der Waals surface area contributed by atoms with E-state index in [-0.39, 0.29) is 16.2 Å². The van der Waals surface area contributed by atoms with Gasteiger partial charge in [0.15, 0.2) is 0 Å². The van der Waals surface area contributed by atoms with Gasteiger partial charge in [0, 0.05) is 0 Å². The number of imidazole rings is 1. The van der Waals surface area contributed by atoms with Gasteiger partial charge >= 0.3 is 283 Å². The molecule has 0 unspecified atom stereocenters. The third-order valence-corrected chi connectivity index (χ3v) is 16.3. The van der Waals surface area contributed by atoms with Crippen molar-refractivity contribution in [1.82, 2.24) is 14.5 Å². The molecular weight excluding hydrogens is 799 g/mol. The van der Waals surface area contributed by atoms with E-state index in [2.05, 4.69) is 236 Å². The van der Waals surface area contributed by atoms with Crippen LogP contribution in [0.25, 0.3) is 72.9 Å². The van der Waals surface area contributed by atoms with Crippen molar-refractivity contribution in [3.63, 3.8) is 0 Å². The van der Waals surface area contributed by atoms with Crippen LogP contribution in [0.4, 0.5) is 0 Å². The van der Waals surface area contributed by atoms with Crippen molar-refractivity contribution in [2.75, 3.05) is 0 Å². The summed E-state index contributed by atoms with van der Waals surface area (Å²) in [7, 11) is 0. The number of pyridine rings is 1. The summed E-state index contributed by atoms with van der Waals surface area (Å²) in [5.74, 6) is 8.37. The molecule has 61 heavy (non-hydrogen) atoms. The molecule has 0 aliphatic carbocycles. The Morgan fingerprint density at radius 3 is 1.56 bits per heavy atom. The van der Waals surface area contributed by atoms with Crippen LogP contribution < -0.4 is 4.40 Å². The molecule has 0 saturated heterocycles. The maximum absolute atomic E-state index is 5.77. The van der Waals surface area contributed by atoms with Crippen molar-refractivity contribution in [3.8, 4) is 61.8 Å². The third-order valence-electron chi connectivity index (χ3n) is 12.0. The molecular formula is C57H61GeN3. The standard InChI is InChI=1S/C57H61GeN3/c1-55(2,3)43-32-42(33-44(34-43)56(4,5)6)54-60-53-47(27-20-28-52(53)61(54)51-30-29-46(58(10,11)12)37-48(51)39-23-17-14-18-24-39)50-36-45(57(7,8)9)35-49(59-50)41-26-19-25-40(31-41)38-21-15-13-16-22-38/h13-37H,1-12H3. The van der Waals surface area contributed by atoms with Gasteiger partial charge in [0.1, 0.15) is 0 Å². The number of aromatic nitrogens is 3. The molecule has 308 valence electrons. The quantitative estimate of drug-likeness (QED) is 0.150. The number of benzene rings is 6. The number of rotatable bonds is 7. The van der Waals surface area contributed by atoms with Gasteiger partial charge in [-0.15, -0.1) is 0 Å². The van der Waals surface area contributed by atoms with Gasteiger partial charge in [-0.05, 0) is 17.2 Å². The molecule has 0 bridgehead atoms. The van der Waals surface area contributed by atoms with Crippen molar-refractivity contribution in [2.24, 2.45) is 0 Å². The van der Waals surface area contributed by atoms with Crippen LogP contribution in [0, 0.1) is 0 Å². The van der Waals surface area contributed by atoms with Gasteiger partial charge in [-0.3, -0.25) is 0 Å². The molecule has 0 N–H and O–H groups in total. The minimum absolute atomic E-state index is 0.0562. The van der Waals surface area contributed by atoms with Gasteiger partial charge < -0.3 is 0 Å². The van der Waals surface area contributed by atoms with Crippen LogP contribution in [0.15, 0.2) is 152 Å². The Kier molecular flexibility index (Phi) is 10.9. The predicted octanol–water partition coefficient (Wildman–Crippen LogP) is 15.2. The first-order chi connectivity index (χ1) is 28.8. The SMILES string of the molecule is CC(C)(C)c1cc(-c2nc3c(-c4cc(C(C)(C)C)cc(-c5cccc(-c6ccccc6)c5)n4)cccc3n2-c2cc[c]([Ge]([CH3])([CH3])[CH3])cc2-c2ccccc2)cc(C(C)(C)C)c1. The molecule has 0 radical (unpaired) electrons. The Balaban J connectivity index is 1.45. The Hall–Kier alpha value is -5.52. The van der Waals surface area contributed by atoms with Gasteiger partial charge in [-0.2, -0.15) is 0 Å². The van der Waals surface area contributed by atoms with E-state index in [1.807, 2.05) is 0 Å². The molecule has 3 nitrogen and oxygen atoms in total. The maximum atomic E-state index is 5.77. The molecule has 6 aromatic carbocycles. The fraction of sp³-hybridized carbons (Fsp3) is 0.263. The number of hydrogen-bond donors (Lipinski definition) is 0. The topological polar surface area (TPSA) is 30.7 Å². The Bertz CT molecular complexity index is 2840. The molecule has 8 rings (SSSR count). The van der Waals surface area contributed by atoms with Crippen molar-refractivity contribution < 1.29 is 0 Å². The average molecular weight is 861 g/mol. The van der Waals surface area contributed by atoms with E-state index >= 15 is 0 Å². The van der Waals surface area contributed by atoms with Crippen LogP contribution in [0.2, 0.25) is 17.3 Å². The number of nitrogens with zero attached hydrogens (tertiary/aromatic N) is 3. The van der Waals surface area contributed by atoms with Gasteiger partial charge in [0.2, 0.25) is 0 Å². The van der Waals surface area contributed by atoms with E-state index in [1.165, 1.54) is 43.3 Å². The monoisotopic (exact) mass is 861 g/mol. The van der Waals surface area contributed by atoms with E-state index in [0.29, 0.717) is 0 Å². The van der Waals surface area contributed by atoms with Crippen molar-refractivity contribution in [2.45, 2.75) is 95.8 Å². The Labute approximate surface area is 367 Å². The first-order valence-corrected chi connectivity index (χ1v) is 29.2. The van der Waals surface area contributed by atoms with E-state index in [4.69, 9.17) is 9.97 Å². The Morgan fingerprint density at radius 1 is 0.410 bits per heavy atom. The van der Waals surface area contributed by atoms with Gasteiger partial charge in [0.05, 0.1) is 0 Å². The summed E-state index contributed by atoms with van der Waals surface area (Å²) in [6, 6.07) is 55.9. The fourth-order valence-electron chi connectivity index (χ4n) is 8.15. The molecule has 2 aromatic heterocycles. The van der Waals surface area contributed by atoms with E-state index in [1.54, 1.807) is 0 Å². The molecule has 4 heteroatoms. The molecule has 0 aliphatic rings. The summed E-state index contributed by atoms with van der Waals surface area (Å²) in [6.45, 7) is 20.7. The van der Waals surface area contributed by atoms with E-state index in [9.17, 15) is 0 Å². The first kappa shape index (κ1) is 42.2. The van der Waals surface area contributed by atoms with Gasteiger partial charge in [0.25, 0.3) is 0 Å². The fourth-order valence-corrected chi connectivity index (χ4v) is 10.6. The summed E-state index contributed by atoms with van der Waals surface area (Å²) in [4.78, 5) is 11.3. The zero-order valence-electron chi connectivity index (χ0n) is 38.3. The Morgan fingerprint density at radius 2 is 0.951 bits per heavy atom. The van der Waals surface area contributed by atoms with E-state index in [0.717, 1.165) is 50.6 Å². The van der Waals surface area contributed by atoms with Crippen molar-refractivity contribution in [3.05, 3.63) is 168 Å². The molecule has 0 amide bonds. The normalized spacial score (nSPS) is 12.6. The molecule has 0 aliphatic heterocycles. The second kappa shape index (κ2) is 15.7. The second-order valence-electron chi connectivity index (χ2n) is 20.9. The second-order valence-corrected chi connectivity index (χ2v) is 31.6. The zero-order valence-corrected chi connectivity index (χ0v) is 40.4. The third kappa shape index (κ3) is 8.68. The number of para-hydroxylation sites is 1. The predicted molar refractivity (Wildman–Crippen MR) is 265 cm³/mol. The van der Waals surface area contributed by atoms with Crippen LogP contribution in [-0.4, -0.2) is 27.8 Å². The zero-order chi connectivity index (χ0) is 43.5. The number of hydrogen-bond acceptors (Lipinski definition) is 2. The molecule has 8 aromatic rings. The van der Waals surface area contributed by atoms with Gasteiger partial charge in [-0.1, -0.05) is 69.3 Å². The van der Waals surface area contributed by atoms with Crippen LogP contribution in [0.1, 0.15) is 79.0 Å². The molecule has 0 spiro atoms. The first-order valence-electron chi connectivity index (χ1n) is 21.8. The molecule has 0 saturated carbocycles. The summed E-state index contributed by atoms with van der Waals surface area (Å²) in [6.07, 6.45) is 0.